The van der Waals surface area contributed by atoms with E-state index in [0.29, 0.717) is 5.52 Å². The van der Waals surface area contributed by atoms with Crippen LogP contribution in [-0.4, -0.2) is 9.97 Å². The summed E-state index contributed by atoms with van der Waals surface area (Å²) >= 11 is 2.06. The van der Waals surface area contributed by atoms with Crippen LogP contribution in [0, 0.1) is 9.39 Å². The van der Waals surface area contributed by atoms with E-state index in [1.807, 2.05) is 0 Å². The molecule has 0 saturated heterocycles. The van der Waals surface area contributed by atoms with Gasteiger partial charge >= 0.3 is 0 Å². The summed E-state index contributed by atoms with van der Waals surface area (Å²) in [5.41, 5.74) is 0.648. The van der Waals surface area contributed by atoms with Crippen LogP contribution in [0.2, 0.25) is 0 Å². The molecule has 60 valence electrons. The van der Waals surface area contributed by atoms with Crippen molar-refractivity contribution in [3.63, 3.8) is 0 Å². The monoisotopic (exact) mass is 274 g/mol. The molecule has 0 fully saturated rings. The number of nitrogens with zero attached hydrogens (tertiary/aromatic N) is 2. The molecule has 4 heteroatoms. The van der Waals surface area contributed by atoms with Gasteiger partial charge < -0.3 is 0 Å². The summed E-state index contributed by atoms with van der Waals surface area (Å²) < 4.78 is 13.7. The molecule has 0 amide bonds. The largest absolute Gasteiger partial charge is 0.244 e. The highest BCUT2D eigenvalue weighted by atomic mass is 127. The van der Waals surface area contributed by atoms with Gasteiger partial charge in [-0.15, -0.1) is 0 Å². The smallest absolute Gasteiger partial charge is 0.126 e. The number of halogens is 2. The van der Waals surface area contributed by atoms with E-state index in [2.05, 4.69) is 32.6 Å². The molecule has 0 unspecified atom stereocenters. The van der Waals surface area contributed by atoms with Gasteiger partial charge in [0, 0.05) is 21.2 Å². The fraction of sp³-hybridized carbons (Fsp3) is 0. The molecule has 0 bridgehead atoms. The molecule has 1 aromatic carbocycles. The van der Waals surface area contributed by atoms with Crippen molar-refractivity contribution < 1.29 is 4.39 Å². The molecule has 0 saturated carbocycles. The second-order valence-electron chi connectivity index (χ2n) is 2.34. The number of benzene rings is 1. The predicted molar refractivity (Wildman–Crippen MR) is 52.2 cm³/mol. The topological polar surface area (TPSA) is 25.8 Å². The second-order valence-corrected chi connectivity index (χ2v) is 3.51. The fourth-order valence-corrected chi connectivity index (χ4v) is 1.72. The zero-order chi connectivity index (χ0) is 8.55. The molecule has 0 aliphatic heterocycles. The van der Waals surface area contributed by atoms with Crippen LogP contribution < -0.4 is 0 Å². The number of hydrogen-bond acceptors (Lipinski definition) is 2. The Morgan fingerprint density at radius 1 is 1.33 bits per heavy atom. The molecule has 0 aliphatic rings. The minimum Gasteiger partial charge on any atom is -0.244 e. The molecule has 0 atom stereocenters. The van der Waals surface area contributed by atoms with Crippen molar-refractivity contribution in [2.24, 2.45) is 0 Å². The summed E-state index contributed by atoms with van der Waals surface area (Å²) in [6.45, 7) is 0. The summed E-state index contributed by atoms with van der Waals surface area (Å²) in [6, 6.07) is 2.87. The summed E-state index contributed by atoms with van der Waals surface area (Å²) in [4.78, 5) is 7.81. The molecular weight excluding hydrogens is 270 g/mol. The van der Waals surface area contributed by atoms with Crippen LogP contribution in [0.4, 0.5) is 4.39 Å². The van der Waals surface area contributed by atoms with Crippen LogP contribution in [0.5, 0.6) is 0 Å². The van der Waals surface area contributed by atoms with Crippen molar-refractivity contribution in [1.29, 1.82) is 0 Å². The molecule has 1 aromatic heterocycles. The van der Waals surface area contributed by atoms with E-state index >= 15 is 0 Å². The first kappa shape index (κ1) is 7.85. The highest BCUT2D eigenvalue weighted by Gasteiger charge is 2.01. The minimum atomic E-state index is -0.259. The van der Waals surface area contributed by atoms with Gasteiger partial charge in [0.2, 0.25) is 0 Å². The van der Waals surface area contributed by atoms with Crippen LogP contribution in [-0.2, 0) is 0 Å². The predicted octanol–water partition coefficient (Wildman–Crippen LogP) is 2.37. The number of fused-ring (bicyclic) bond motifs is 1. The molecule has 2 nitrogen and oxygen atoms in total. The van der Waals surface area contributed by atoms with Crippen molar-refractivity contribution in [1.82, 2.24) is 9.97 Å². The van der Waals surface area contributed by atoms with Gasteiger partial charge in [-0.2, -0.15) is 0 Å². The Kier molecular flexibility index (Phi) is 1.92. The summed E-state index contributed by atoms with van der Waals surface area (Å²) in [7, 11) is 0. The Labute approximate surface area is 82.0 Å². The van der Waals surface area contributed by atoms with E-state index in [4.69, 9.17) is 0 Å². The fourth-order valence-electron chi connectivity index (χ4n) is 1.01. The molecule has 12 heavy (non-hydrogen) atoms. The van der Waals surface area contributed by atoms with Gasteiger partial charge in [-0.25, -0.2) is 14.4 Å². The summed E-state index contributed by atoms with van der Waals surface area (Å²) in [5, 5.41) is 0.888. The van der Waals surface area contributed by atoms with Crippen molar-refractivity contribution in [3.8, 4) is 0 Å². The van der Waals surface area contributed by atoms with Gasteiger partial charge in [0.05, 0.1) is 5.52 Å². The highest BCUT2D eigenvalue weighted by Crippen LogP contribution is 2.18. The van der Waals surface area contributed by atoms with Gasteiger partial charge in [0.25, 0.3) is 0 Å². The Bertz CT molecular complexity index is 430. The van der Waals surface area contributed by atoms with Gasteiger partial charge in [-0.1, -0.05) is 0 Å². The van der Waals surface area contributed by atoms with Crippen LogP contribution in [0.25, 0.3) is 10.9 Å². The molecular formula is C8H4FIN2. The Morgan fingerprint density at radius 2 is 2.17 bits per heavy atom. The van der Waals surface area contributed by atoms with Crippen molar-refractivity contribution in [2.75, 3.05) is 0 Å². The van der Waals surface area contributed by atoms with E-state index < -0.39 is 0 Å². The third-order valence-corrected chi connectivity index (χ3v) is 2.43. The van der Waals surface area contributed by atoms with E-state index in [-0.39, 0.29) is 5.82 Å². The van der Waals surface area contributed by atoms with Crippen molar-refractivity contribution in [2.45, 2.75) is 0 Å². The zero-order valence-corrected chi connectivity index (χ0v) is 8.12. The Morgan fingerprint density at radius 3 is 3.00 bits per heavy atom. The van der Waals surface area contributed by atoms with Gasteiger partial charge in [-0.3, -0.25) is 0 Å². The first-order valence-electron chi connectivity index (χ1n) is 3.32. The average molecular weight is 274 g/mol. The van der Waals surface area contributed by atoms with E-state index in [1.54, 1.807) is 6.20 Å². The van der Waals surface area contributed by atoms with Crippen molar-refractivity contribution in [3.05, 3.63) is 34.0 Å². The van der Waals surface area contributed by atoms with Crippen LogP contribution in [0.1, 0.15) is 0 Å². The molecule has 0 N–H and O–H groups in total. The first-order valence-corrected chi connectivity index (χ1v) is 4.40. The Hall–Kier alpha value is -0.780. The third-order valence-electron chi connectivity index (χ3n) is 1.54. The quantitative estimate of drug-likeness (QED) is 0.689. The van der Waals surface area contributed by atoms with E-state index in [9.17, 15) is 4.39 Å². The molecule has 2 rings (SSSR count). The number of hydrogen-bond donors (Lipinski definition) is 0. The maximum Gasteiger partial charge on any atom is 0.126 e. The van der Waals surface area contributed by atoms with Gasteiger partial charge in [-0.05, 0) is 28.7 Å². The minimum absolute atomic E-state index is 0.259. The summed E-state index contributed by atoms with van der Waals surface area (Å²) in [6.07, 6.45) is 3.10. The SMILES string of the molecule is Fc1cc(I)c2cncnc2c1. The zero-order valence-electron chi connectivity index (χ0n) is 5.96. The lowest BCUT2D eigenvalue weighted by atomic mass is 10.2. The maximum absolute atomic E-state index is 12.8. The molecule has 0 spiro atoms. The molecule has 0 aliphatic carbocycles. The highest BCUT2D eigenvalue weighted by molar-refractivity contribution is 14.1. The van der Waals surface area contributed by atoms with Gasteiger partial charge in [0.1, 0.15) is 12.1 Å². The van der Waals surface area contributed by atoms with E-state index in [1.165, 1.54) is 18.5 Å². The normalized spacial score (nSPS) is 10.5. The lowest BCUT2D eigenvalue weighted by Gasteiger charge is -1.97. The molecule has 2 aromatic rings. The van der Waals surface area contributed by atoms with Crippen LogP contribution in [0.3, 0.4) is 0 Å². The molecule has 1 heterocycles. The lowest BCUT2D eigenvalue weighted by molar-refractivity contribution is 0.628. The lowest BCUT2D eigenvalue weighted by Crippen LogP contribution is -1.85. The number of rotatable bonds is 0. The first-order chi connectivity index (χ1) is 5.77. The Balaban J connectivity index is 2.89. The molecule has 0 radical (unpaired) electrons. The van der Waals surface area contributed by atoms with Crippen molar-refractivity contribution >= 4 is 33.5 Å². The maximum atomic E-state index is 12.8. The number of aromatic nitrogens is 2. The third kappa shape index (κ3) is 1.26. The van der Waals surface area contributed by atoms with Crippen LogP contribution >= 0.6 is 22.6 Å². The standard InChI is InChI=1S/C8H4FIN2/c9-5-1-7(10)6-3-11-4-12-8(6)2-5/h1-4H. The van der Waals surface area contributed by atoms with Crippen LogP contribution in [0.15, 0.2) is 24.7 Å². The second kappa shape index (κ2) is 2.93. The summed E-state index contributed by atoms with van der Waals surface area (Å²) in [5.74, 6) is -0.259. The van der Waals surface area contributed by atoms with E-state index in [0.717, 1.165) is 8.96 Å². The average Bonchev–Trinajstić information content (AvgIpc) is 2.04. The van der Waals surface area contributed by atoms with Gasteiger partial charge in [0.15, 0.2) is 0 Å².